The van der Waals surface area contributed by atoms with E-state index in [1.807, 2.05) is 29.7 Å². The number of benzene rings is 1. The Bertz CT molecular complexity index is 854. The molecule has 2 amide bonds. The molecule has 0 N–H and O–H groups in total. The molecule has 2 aliphatic heterocycles. The first kappa shape index (κ1) is 17.9. The van der Waals surface area contributed by atoms with E-state index in [9.17, 15) is 4.79 Å². The third-order valence-corrected chi connectivity index (χ3v) is 5.16. The number of urea groups is 1. The zero-order valence-corrected chi connectivity index (χ0v) is 16.2. The quantitative estimate of drug-likeness (QED) is 0.752. The van der Waals surface area contributed by atoms with E-state index in [2.05, 4.69) is 14.9 Å². The Morgan fingerprint density at radius 3 is 2.74 bits per heavy atom. The Morgan fingerprint density at radius 1 is 1.22 bits per heavy atom. The van der Waals surface area contributed by atoms with Crippen molar-refractivity contribution in [2.75, 3.05) is 42.6 Å². The lowest BCUT2D eigenvalue weighted by Crippen LogP contribution is -2.56. The number of fused-ring (bicyclic) bond motifs is 1. The zero-order chi connectivity index (χ0) is 19.0. The van der Waals surface area contributed by atoms with Crippen molar-refractivity contribution >= 4 is 29.1 Å². The molecule has 142 valence electrons. The summed E-state index contributed by atoms with van der Waals surface area (Å²) in [5.41, 5.74) is 1.67. The molecule has 0 saturated carbocycles. The molecule has 1 fully saturated rings. The summed E-state index contributed by atoms with van der Waals surface area (Å²) < 4.78 is 5.75. The van der Waals surface area contributed by atoms with E-state index in [4.69, 9.17) is 16.3 Å². The van der Waals surface area contributed by atoms with Crippen LogP contribution < -0.4 is 14.5 Å². The molecule has 8 heteroatoms. The van der Waals surface area contributed by atoms with E-state index >= 15 is 0 Å². The molecule has 1 saturated heterocycles. The lowest BCUT2D eigenvalue weighted by molar-refractivity contribution is 0.190. The average molecular weight is 388 g/mol. The summed E-state index contributed by atoms with van der Waals surface area (Å²) in [6, 6.07) is 5.37. The minimum absolute atomic E-state index is 0.00403. The van der Waals surface area contributed by atoms with Crippen LogP contribution in [0.1, 0.15) is 12.6 Å². The number of aromatic nitrogens is 2. The number of rotatable bonds is 1. The smallest absolute Gasteiger partial charge is 0.325 e. The molecule has 3 heterocycles. The predicted molar refractivity (Wildman–Crippen MR) is 105 cm³/mol. The van der Waals surface area contributed by atoms with Gasteiger partial charge in [-0.3, -0.25) is 9.88 Å². The van der Waals surface area contributed by atoms with Crippen LogP contribution >= 0.6 is 11.6 Å². The predicted octanol–water partition coefficient (Wildman–Crippen LogP) is 2.97. The standard InChI is InChI=1S/C19H22ClN5O2/c1-13-10-21-11-18(22-13)23-5-7-24(8-6-23)19(26)25-14(2)12-27-17-9-15(20)3-4-16(17)25/h3-4,9-11,14H,5-8,12H2,1-2H3. The average Bonchev–Trinajstić information content (AvgIpc) is 2.68. The summed E-state index contributed by atoms with van der Waals surface area (Å²) in [4.78, 5) is 27.8. The normalized spacial score (nSPS) is 19.5. The largest absolute Gasteiger partial charge is 0.489 e. The molecule has 1 unspecified atom stereocenters. The van der Waals surface area contributed by atoms with E-state index in [-0.39, 0.29) is 12.1 Å². The number of anilines is 2. The number of halogens is 1. The SMILES string of the molecule is Cc1cncc(N2CCN(C(=O)N3c4ccc(Cl)cc4OCC3C)CC2)n1. The van der Waals surface area contributed by atoms with Crippen molar-refractivity contribution in [2.45, 2.75) is 19.9 Å². The second-order valence-electron chi connectivity index (χ2n) is 6.92. The molecule has 27 heavy (non-hydrogen) atoms. The third-order valence-electron chi connectivity index (χ3n) is 4.92. The van der Waals surface area contributed by atoms with Crippen molar-refractivity contribution in [3.05, 3.63) is 41.3 Å². The van der Waals surface area contributed by atoms with Crippen molar-refractivity contribution in [1.29, 1.82) is 0 Å². The van der Waals surface area contributed by atoms with E-state index in [0.29, 0.717) is 30.5 Å². The van der Waals surface area contributed by atoms with Gasteiger partial charge < -0.3 is 14.5 Å². The summed E-state index contributed by atoms with van der Waals surface area (Å²) >= 11 is 6.06. The van der Waals surface area contributed by atoms with Gasteiger partial charge in [-0.25, -0.2) is 9.78 Å². The molecule has 4 rings (SSSR count). The topological polar surface area (TPSA) is 61.8 Å². The number of ether oxygens (including phenoxy) is 1. The Kier molecular flexibility index (Phi) is 4.78. The van der Waals surface area contributed by atoms with Gasteiger partial charge in [0.1, 0.15) is 18.2 Å². The van der Waals surface area contributed by atoms with Crippen LogP contribution in [0.2, 0.25) is 5.02 Å². The first-order chi connectivity index (χ1) is 13.0. The number of amides is 2. The van der Waals surface area contributed by atoms with Gasteiger partial charge in [-0.2, -0.15) is 0 Å². The van der Waals surface area contributed by atoms with E-state index < -0.39 is 0 Å². The number of nitrogens with zero attached hydrogens (tertiary/aromatic N) is 5. The Labute approximate surface area is 163 Å². The Hall–Kier alpha value is -2.54. The molecule has 1 aromatic carbocycles. The molecule has 0 radical (unpaired) electrons. The highest BCUT2D eigenvalue weighted by molar-refractivity contribution is 6.30. The number of hydrogen-bond acceptors (Lipinski definition) is 5. The fourth-order valence-corrected chi connectivity index (χ4v) is 3.66. The van der Waals surface area contributed by atoms with Gasteiger partial charge in [-0.05, 0) is 26.0 Å². The van der Waals surface area contributed by atoms with Crippen LogP contribution in [0, 0.1) is 6.92 Å². The van der Waals surface area contributed by atoms with Gasteiger partial charge in [-0.1, -0.05) is 11.6 Å². The first-order valence-electron chi connectivity index (χ1n) is 9.07. The van der Waals surface area contributed by atoms with Crippen LogP contribution in [0.25, 0.3) is 0 Å². The zero-order valence-electron chi connectivity index (χ0n) is 15.4. The van der Waals surface area contributed by atoms with Gasteiger partial charge in [0.05, 0.1) is 23.6 Å². The molecular formula is C19H22ClN5O2. The van der Waals surface area contributed by atoms with Gasteiger partial charge in [0.2, 0.25) is 0 Å². The summed E-state index contributed by atoms with van der Waals surface area (Å²) in [7, 11) is 0. The number of hydrogen-bond donors (Lipinski definition) is 0. The van der Waals surface area contributed by atoms with Crippen LogP contribution in [0.5, 0.6) is 5.75 Å². The van der Waals surface area contributed by atoms with E-state index in [1.165, 1.54) is 0 Å². The fourth-order valence-electron chi connectivity index (χ4n) is 3.50. The van der Waals surface area contributed by atoms with Crippen LogP contribution in [0.15, 0.2) is 30.6 Å². The third kappa shape index (κ3) is 3.51. The molecule has 2 aliphatic rings. The summed E-state index contributed by atoms with van der Waals surface area (Å²) in [5, 5.41) is 0.601. The minimum atomic E-state index is -0.0353. The van der Waals surface area contributed by atoms with E-state index in [0.717, 1.165) is 30.3 Å². The number of carbonyl (C=O) groups excluding carboxylic acids is 1. The molecule has 7 nitrogen and oxygen atoms in total. The molecule has 1 atom stereocenters. The van der Waals surface area contributed by atoms with Crippen LogP contribution in [-0.4, -0.2) is 59.7 Å². The fraction of sp³-hybridized carbons (Fsp3) is 0.421. The first-order valence-corrected chi connectivity index (χ1v) is 9.45. The maximum absolute atomic E-state index is 13.2. The molecule has 0 bridgehead atoms. The second-order valence-corrected chi connectivity index (χ2v) is 7.35. The van der Waals surface area contributed by atoms with Gasteiger partial charge in [0.25, 0.3) is 0 Å². The molecule has 1 aromatic heterocycles. The number of carbonyl (C=O) groups is 1. The molecular weight excluding hydrogens is 366 g/mol. The van der Waals surface area contributed by atoms with Crippen molar-refractivity contribution in [3.8, 4) is 5.75 Å². The van der Waals surface area contributed by atoms with Gasteiger partial charge >= 0.3 is 6.03 Å². The highest BCUT2D eigenvalue weighted by Crippen LogP contribution is 2.36. The van der Waals surface area contributed by atoms with Crippen molar-refractivity contribution < 1.29 is 9.53 Å². The lowest BCUT2D eigenvalue weighted by Gasteiger charge is -2.41. The van der Waals surface area contributed by atoms with E-state index in [1.54, 1.807) is 24.5 Å². The van der Waals surface area contributed by atoms with Crippen LogP contribution in [0.3, 0.4) is 0 Å². The van der Waals surface area contributed by atoms with Crippen molar-refractivity contribution in [3.63, 3.8) is 0 Å². The lowest BCUT2D eigenvalue weighted by atomic mass is 10.1. The molecule has 2 aromatic rings. The monoisotopic (exact) mass is 387 g/mol. The summed E-state index contributed by atoms with van der Waals surface area (Å²) in [6.45, 7) is 7.13. The van der Waals surface area contributed by atoms with Gasteiger partial charge in [0, 0.05) is 43.5 Å². The number of aryl methyl sites for hydroxylation is 1. The van der Waals surface area contributed by atoms with Crippen LogP contribution in [-0.2, 0) is 0 Å². The van der Waals surface area contributed by atoms with Crippen LogP contribution in [0.4, 0.5) is 16.3 Å². The Morgan fingerprint density at radius 2 is 2.00 bits per heavy atom. The minimum Gasteiger partial charge on any atom is -0.489 e. The summed E-state index contributed by atoms with van der Waals surface area (Å²) in [5.74, 6) is 1.52. The van der Waals surface area contributed by atoms with Crippen molar-refractivity contribution in [1.82, 2.24) is 14.9 Å². The maximum Gasteiger partial charge on any atom is 0.325 e. The highest BCUT2D eigenvalue weighted by Gasteiger charge is 2.34. The Balaban J connectivity index is 1.48. The highest BCUT2D eigenvalue weighted by atomic mass is 35.5. The molecule has 0 aliphatic carbocycles. The van der Waals surface area contributed by atoms with Gasteiger partial charge in [-0.15, -0.1) is 0 Å². The second kappa shape index (κ2) is 7.23. The maximum atomic E-state index is 13.2. The van der Waals surface area contributed by atoms with Crippen molar-refractivity contribution in [2.24, 2.45) is 0 Å². The summed E-state index contributed by atoms with van der Waals surface area (Å²) in [6.07, 6.45) is 3.52. The molecule has 0 spiro atoms. The van der Waals surface area contributed by atoms with Gasteiger partial charge in [0.15, 0.2) is 0 Å². The number of piperazine rings is 1.